The number of rotatable bonds is 6. The van der Waals surface area contributed by atoms with E-state index in [0.29, 0.717) is 17.1 Å². The highest BCUT2D eigenvalue weighted by Gasteiger charge is 2.45. The molecule has 3 N–H and O–H groups in total. The number of halogens is 1. The molecule has 1 aliphatic carbocycles. The maximum absolute atomic E-state index is 16.3. The normalized spacial score (nSPS) is 22.0. The number of aliphatic hydroxyl groups excluding tert-OH is 2. The SMILES string of the molecule is Cc1c(-c2[nH]c3cnc(C4CCC(N5CC(CO)(CO)C5)CC4)c(F)c3c2C(C)C)cn2ncnc2c1C. The van der Waals surface area contributed by atoms with Crippen LogP contribution in [0.2, 0.25) is 0 Å². The van der Waals surface area contributed by atoms with Crippen molar-refractivity contribution in [2.24, 2.45) is 5.41 Å². The fourth-order valence-corrected chi connectivity index (χ4v) is 6.75. The molecule has 9 heteroatoms. The van der Waals surface area contributed by atoms with Crippen molar-refractivity contribution < 1.29 is 14.6 Å². The first kappa shape index (κ1) is 25.4. The minimum atomic E-state index is -0.357. The number of aliphatic hydroxyl groups is 2. The Morgan fingerprint density at radius 1 is 1.08 bits per heavy atom. The third kappa shape index (κ3) is 3.86. The molecule has 6 rings (SSSR count). The first-order valence-electron chi connectivity index (χ1n) is 13.7. The van der Waals surface area contributed by atoms with Crippen molar-refractivity contribution in [1.82, 2.24) is 29.5 Å². The highest BCUT2D eigenvalue weighted by atomic mass is 19.1. The lowest BCUT2D eigenvalue weighted by atomic mass is 9.76. The van der Waals surface area contributed by atoms with Gasteiger partial charge in [-0.1, -0.05) is 13.8 Å². The number of nitrogens with one attached hydrogen (secondary N) is 1. The second-order valence-corrected chi connectivity index (χ2v) is 11.9. The molecule has 0 atom stereocenters. The summed E-state index contributed by atoms with van der Waals surface area (Å²) in [4.78, 5) is 14.9. The summed E-state index contributed by atoms with van der Waals surface area (Å²) in [5.41, 5.74) is 6.82. The number of likely N-dealkylation sites (tertiary alicyclic amines) is 1. The van der Waals surface area contributed by atoms with Gasteiger partial charge in [-0.3, -0.25) is 9.88 Å². The highest BCUT2D eigenvalue weighted by molar-refractivity contribution is 5.92. The smallest absolute Gasteiger partial charge is 0.158 e. The first-order chi connectivity index (χ1) is 18.3. The lowest BCUT2D eigenvalue weighted by molar-refractivity contribution is -0.0993. The highest BCUT2D eigenvalue weighted by Crippen LogP contribution is 2.43. The minimum absolute atomic E-state index is 0.0209. The third-order valence-corrected chi connectivity index (χ3v) is 9.17. The number of hydrogen-bond acceptors (Lipinski definition) is 6. The Morgan fingerprint density at radius 2 is 1.79 bits per heavy atom. The predicted molar refractivity (Wildman–Crippen MR) is 145 cm³/mol. The molecule has 1 saturated heterocycles. The van der Waals surface area contributed by atoms with E-state index in [4.69, 9.17) is 0 Å². The summed E-state index contributed by atoms with van der Waals surface area (Å²) in [6.45, 7) is 9.85. The standard InChI is InChI=1S/C29H37FN6O2/c1-16(2)23-24-22(34-27(23)21-10-36-28(32-15-33-36)18(4)17(21)3)9-31-26(25(24)30)19-5-7-20(8-6-19)35-11-29(12-35,13-37)14-38/h9-10,15-16,19-20,34,37-38H,5-8,11-14H2,1-4H3. The number of nitrogens with zero attached hydrogens (tertiary/aromatic N) is 5. The molecule has 8 nitrogen and oxygen atoms in total. The van der Waals surface area contributed by atoms with E-state index in [1.165, 1.54) is 0 Å². The molecule has 38 heavy (non-hydrogen) atoms. The van der Waals surface area contributed by atoms with Crippen LogP contribution in [0.4, 0.5) is 4.39 Å². The van der Waals surface area contributed by atoms with Crippen LogP contribution in [0, 0.1) is 25.1 Å². The molecule has 0 unspecified atom stereocenters. The summed E-state index contributed by atoms with van der Waals surface area (Å²) in [6, 6.07) is 0.423. The van der Waals surface area contributed by atoms with Gasteiger partial charge in [0.1, 0.15) is 6.33 Å². The van der Waals surface area contributed by atoms with E-state index < -0.39 is 0 Å². The molecule has 0 amide bonds. The number of aryl methyl sites for hydroxylation is 1. The summed E-state index contributed by atoms with van der Waals surface area (Å²) in [7, 11) is 0. The van der Waals surface area contributed by atoms with Gasteiger partial charge in [0.25, 0.3) is 0 Å². The lowest BCUT2D eigenvalue weighted by Gasteiger charge is -2.53. The van der Waals surface area contributed by atoms with Gasteiger partial charge >= 0.3 is 0 Å². The summed E-state index contributed by atoms with van der Waals surface area (Å²) in [5.74, 6) is -0.00165. The zero-order valence-corrected chi connectivity index (χ0v) is 22.6. The van der Waals surface area contributed by atoms with Crippen LogP contribution in [0.5, 0.6) is 0 Å². The van der Waals surface area contributed by atoms with Crippen molar-refractivity contribution in [2.45, 2.75) is 71.3 Å². The molecular formula is C29H37FN6O2. The van der Waals surface area contributed by atoms with Gasteiger partial charge in [-0.2, -0.15) is 5.10 Å². The minimum Gasteiger partial charge on any atom is -0.396 e. The van der Waals surface area contributed by atoms with Crippen molar-refractivity contribution in [1.29, 1.82) is 0 Å². The molecule has 1 aliphatic heterocycles. The monoisotopic (exact) mass is 520 g/mol. The zero-order valence-electron chi connectivity index (χ0n) is 22.6. The second kappa shape index (κ2) is 9.39. The molecule has 2 aliphatic rings. The molecular weight excluding hydrogens is 483 g/mol. The van der Waals surface area contributed by atoms with E-state index in [0.717, 1.165) is 77.9 Å². The number of aromatic amines is 1. The van der Waals surface area contributed by atoms with Gasteiger partial charge in [-0.05, 0) is 62.1 Å². The van der Waals surface area contributed by atoms with Crippen LogP contribution >= 0.6 is 0 Å². The molecule has 0 aromatic carbocycles. The Kier molecular flexibility index (Phi) is 6.28. The van der Waals surface area contributed by atoms with Gasteiger partial charge in [-0.15, -0.1) is 0 Å². The fourth-order valence-electron chi connectivity index (χ4n) is 6.75. The lowest BCUT2D eigenvalue weighted by Crippen LogP contribution is -2.63. The van der Waals surface area contributed by atoms with E-state index in [1.54, 1.807) is 17.0 Å². The van der Waals surface area contributed by atoms with Gasteiger partial charge in [-0.25, -0.2) is 13.9 Å². The van der Waals surface area contributed by atoms with Gasteiger partial charge in [0, 0.05) is 47.6 Å². The van der Waals surface area contributed by atoms with Crippen molar-refractivity contribution >= 4 is 16.6 Å². The molecule has 202 valence electrons. The van der Waals surface area contributed by atoms with Gasteiger partial charge in [0.05, 0.1) is 36.3 Å². The van der Waals surface area contributed by atoms with Crippen molar-refractivity contribution in [3.05, 3.63) is 46.9 Å². The largest absolute Gasteiger partial charge is 0.396 e. The van der Waals surface area contributed by atoms with Gasteiger partial charge < -0.3 is 15.2 Å². The predicted octanol–water partition coefficient (Wildman–Crippen LogP) is 4.46. The number of hydrogen-bond donors (Lipinski definition) is 3. The van der Waals surface area contributed by atoms with E-state index in [2.05, 4.69) is 45.7 Å². The van der Waals surface area contributed by atoms with Crippen LogP contribution in [0.15, 0.2) is 18.7 Å². The molecule has 0 radical (unpaired) electrons. The molecule has 4 aromatic rings. The summed E-state index contributed by atoms with van der Waals surface area (Å²) >= 11 is 0. The van der Waals surface area contributed by atoms with E-state index in [1.807, 2.05) is 13.1 Å². The summed E-state index contributed by atoms with van der Waals surface area (Å²) in [6.07, 6.45) is 9.06. The maximum atomic E-state index is 16.3. The van der Waals surface area contributed by atoms with Crippen LogP contribution in [0.25, 0.3) is 27.8 Å². The summed E-state index contributed by atoms with van der Waals surface area (Å²) < 4.78 is 18.1. The number of pyridine rings is 2. The Morgan fingerprint density at radius 3 is 2.45 bits per heavy atom. The van der Waals surface area contributed by atoms with Crippen molar-refractivity contribution in [2.75, 3.05) is 26.3 Å². The van der Waals surface area contributed by atoms with E-state index in [9.17, 15) is 10.2 Å². The number of aromatic nitrogens is 5. The van der Waals surface area contributed by atoms with Crippen LogP contribution in [0.3, 0.4) is 0 Å². The number of H-pyrrole nitrogens is 1. The quantitative estimate of drug-likeness (QED) is 0.347. The first-order valence-corrected chi connectivity index (χ1v) is 13.7. The Bertz CT molecular complexity index is 1490. The maximum Gasteiger partial charge on any atom is 0.158 e. The van der Waals surface area contributed by atoms with Crippen LogP contribution < -0.4 is 0 Å². The third-order valence-electron chi connectivity index (χ3n) is 9.17. The average molecular weight is 521 g/mol. The topological polar surface area (TPSA) is 103 Å². The van der Waals surface area contributed by atoms with E-state index in [-0.39, 0.29) is 36.3 Å². The molecule has 4 aromatic heterocycles. The zero-order chi connectivity index (χ0) is 26.8. The Hall–Kier alpha value is -2.88. The molecule has 0 spiro atoms. The summed E-state index contributed by atoms with van der Waals surface area (Å²) in [5, 5.41) is 24.2. The molecule has 1 saturated carbocycles. The average Bonchev–Trinajstić information content (AvgIpc) is 3.52. The van der Waals surface area contributed by atoms with Crippen molar-refractivity contribution in [3.63, 3.8) is 0 Å². The Balaban J connectivity index is 1.32. The van der Waals surface area contributed by atoms with Crippen LogP contribution in [-0.2, 0) is 0 Å². The van der Waals surface area contributed by atoms with Crippen LogP contribution in [0.1, 0.15) is 73.8 Å². The van der Waals surface area contributed by atoms with Crippen molar-refractivity contribution in [3.8, 4) is 11.3 Å². The molecule has 2 fully saturated rings. The number of fused-ring (bicyclic) bond motifs is 2. The molecule has 0 bridgehead atoms. The van der Waals surface area contributed by atoms with Crippen LogP contribution in [-0.4, -0.2) is 72.0 Å². The fraction of sp³-hybridized carbons (Fsp3) is 0.552. The second-order valence-electron chi connectivity index (χ2n) is 11.9. The van der Waals surface area contributed by atoms with E-state index >= 15 is 4.39 Å². The van der Waals surface area contributed by atoms with Gasteiger partial charge in [0.15, 0.2) is 11.5 Å². The van der Waals surface area contributed by atoms with Gasteiger partial charge in [0.2, 0.25) is 0 Å². The Labute approximate surface area is 221 Å². The molecule has 5 heterocycles.